The van der Waals surface area contributed by atoms with E-state index in [-0.39, 0.29) is 16.9 Å². The summed E-state index contributed by atoms with van der Waals surface area (Å²) in [7, 11) is 1.85. The molecule has 0 aliphatic heterocycles. The molecule has 7 nitrogen and oxygen atoms in total. The molecule has 0 atom stereocenters. The quantitative estimate of drug-likeness (QED) is 0.328. The number of nitrogens with zero attached hydrogens (tertiary/aromatic N) is 6. The van der Waals surface area contributed by atoms with Crippen molar-refractivity contribution in [1.29, 1.82) is 15.8 Å². The molecule has 0 saturated heterocycles. The van der Waals surface area contributed by atoms with Crippen LogP contribution in [0.1, 0.15) is 26.5 Å². The molecule has 2 heterocycles. The first kappa shape index (κ1) is 20.1. The molecule has 0 bridgehead atoms. The Labute approximate surface area is 192 Å². The van der Waals surface area contributed by atoms with E-state index in [0.717, 1.165) is 5.56 Å². The zero-order valence-corrected chi connectivity index (χ0v) is 18.0. The first-order valence-corrected chi connectivity index (χ1v) is 10.6. The minimum atomic E-state index is -0.242. The Morgan fingerprint density at radius 1 is 1.00 bits per heavy atom. The van der Waals surface area contributed by atoms with Crippen molar-refractivity contribution in [3.8, 4) is 29.6 Å². The van der Waals surface area contributed by atoms with E-state index in [2.05, 4.69) is 16.0 Å². The molecule has 0 spiro atoms. The van der Waals surface area contributed by atoms with Gasteiger partial charge in [-0.15, -0.1) is 0 Å². The number of nitriles is 3. The van der Waals surface area contributed by atoms with Gasteiger partial charge in [0.1, 0.15) is 28.5 Å². The summed E-state index contributed by atoms with van der Waals surface area (Å²) in [6.07, 6.45) is 1.63. The zero-order chi connectivity index (χ0) is 23.1. The predicted octanol–water partition coefficient (Wildman–Crippen LogP) is 4.65. The Balaban J connectivity index is 1.62. The molecule has 0 fully saturated rings. The highest BCUT2D eigenvalue weighted by Crippen LogP contribution is 2.40. The lowest BCUT2D eigenvalue weighted by molar-refractivity contribution is 0.104. The number of carbonyl (C=O) groups is 1. The molecule has 1 aliphatic rings. The molecular weight excluding hydrogens is 432 g/mol. The van der Waals surface area contributed by atoms with Gasteiger partial charge in [0.15, 0.2) is 16.3 Å². The number of Topliss-reactive ketones (excluding diaryl/α,β-unsaturated/α-hetero) is 1. The molecule has 0 saturated carbocycles. The third kappa shape index (κ3) is 3.13. The maximum Gasteiger partial charge on any atom is 0.194 e. The minimum absolute atomic E-state index is 0.109. The summed E-state index contributed by atoms with van der Waals surface area (Å²) in [5.74, 6) is 0.475. The molecule has 2 aromatic carbocycles. The Morgan fingerprint density at radius 3 is 2.33 bits per heavy atom. The third-order valence-corrected chi connectivity index (χ3v) is 6.31. The molecule has 5 rings (SSSR count). The van der Waals surface area contributed by atoms with Crippen LogP contribution in [0.5, 0.6) is 0 Å². The third-order valence-electron chi connectivity index (χ3n) is 5.42. The van der Waals surface area contributed by atoms with Crippen LogP contribution < -0.4 is 0 Å². The number of rotatable bonds is 2. The van der Waals surface area contributed by atoms with Crippen molar-refractivity contribution in [2.45, 2.75) is 0 Å². The molecule has 0 amide bonds. The number of hydrogen-bond donors (Lipinski definition) is 0. The van der Waals surface area contributed by atoms with E-state index in [4.69, 9.17) is 5.26 Å². The topological polar surface area (TPSA) is 119 Å². The van der Waals surface area contributed by atoms with Gasteiger partial charge in [0.05, 0.1) is 11.6 Å². The fourth-order valence-electron chi connectivity index (χ4n) is 3.87. The van der Waals surface area contributed by atoms with Gasteiger partial charge in [0, 0.05) is 29.3 Å². The van der Waals surface area contributed by atoms with Crippen molar-refractivity contribution in [2.24, 2.45) is 7.05 Å². The van der Waals surface area contributed by atoms with Crippen molar-refractivity contribution in [3.63, 3.8) is 0 Å². The zero-order valence-electron chi connectivity index (χ0n) is 17.2. The second-order valence-electron chi connectivity index (χ2n) is 7.27. The fraction of sp³-hybridized carbons (Fsp3) is 0.0400. The summed E-state index contributed by atoms with van der Waals surface area (Å²) in [5, 5.41) is 28.5. The second-order valence-corrected chi connectivity index (χ2v) is 8.28. The van der Waals surface area contributed by atoms with E-state index in [1.807, 2.05) is 35.9 Å². The number of benzene rings is 2. The van der Waals surface area contributed by atoms with E-state index in [0.29, 0.717) is 43.6 Å². The lowest BCUT2D eigenvalue weighted by Gasteiger charge is -2.02. The maximum absolute atomic E-state index is 13.1. The van der Waals surface area contributed by atoms with Crippen LogP contribution in [0.25, 0.3) is 33.5 Å². The molecule has 1 aliphatic carbocycles. The lowest BCUT2D eigenvalue weighted by Crippen LogP contribution is -1.96. The van der Waals surface area contributed by atoms with Crippen molar-refractivity contribution in [2.75, 3.05) is 0 Å². The van der Waals surface area contributed by atoms with E-state index in [9.17, 15) is 15.3 Å². The van der Waals surface area contributed by atoms with Crippen LogP contribution in [0, 0.1) is 34.0 Å². The number of hydrogen-bond acceptors (Lipinski definition) is 7. The van der Waals surface area contributed by atoms with E-state index in [1.54, 1.807) is 42.5 Å². The monoisotopic (exact) mass is 444 g/mol. The molecule has 4 aromatic rings. The van der Waals surface area contributed by atoms with Crippen molar-refractivity contribution >= 4 is 39.2 Å². The number of ketones is 1. The van der Waals surface area contributed by atoms with Gasteiger partial charge < -0.3 is 4.57 Å². The fourth-order valence-corrected chi connectivity index (χ4v) is 4.78. The predicted molar refractivity (Wildman–Crippen MR) is 123 cm³/mol. The van der Waals surface area contributed by atoms with Crippen molar-refractivity contribution < 1.29 is 4.79 Å². The molecule has 33 heavy (non-hydrogen) atoms. The molecule has 8 heteroatoms. The lowest BCUT2D eigenvalue weighted by atomic mass is 10.00. The van der Waals surface area contributed by atoms with Gasteiger partial charge in [-0.1, -0.05) is 35.6 Å². The molecule has 0 radical (unpaired) electrons. The van der Waals surface area contributed by atoms with Gasteiger partial charge in [-0.2, -0.15) is 15.8 Å². The number of carbonyl (C=O) groups excluding carboxylic acids is 1. The molecular formula is C25H12N6OS. The van der Waals surface area contributed by atoms with Gasteiger partial charge >= 0.3 is 0 Å². The normalized spacial score (nSPS) is 13.6. The average Bonchev–Trinajstić information content (AvgIpc) is 3.47. The summed E-state index contributed by atoms with van der Waals surface area (Å²) in [4.78, 5) is 23.1. The Morgan fingerprint density at radius 2 is 1.70 bits per heavy atom. The van der Waals surface area contributed by atoms with E-state index in [1.165, 1.54) is 11.3 Å². The maximum atomic E-state index is 13.1. The highest BCUT2D eigenvalue weighted by atomic mass is 32.1. The smallest absolute Gasteiger partial charge is 0.194 e. The Kier molecular flexibility index (Phi) is 4.68. The van der Waals surface area contributed by atoms with Crippen LogP contribution in [0.3, 0.4) is 0 Å². The van der Waals surface area contributed by atoms with Gasteiger partial charge in [-0.3, -0.25) is 4.79 Å². The number of fused-ring (bicyclic) bond motifs is 2. The van der Waals surface area contributed by atoms with Crippen LogP contribution in [0.2, 0.25) is 0 Å². The first-order chi connectivity index (χ1) is 16.0. The standard InChI is InChI=1S/C25H12N6OS/c1-31-23(15-8-6-14(11-26)7-9-15)30-25-24(31)29-20(33-25)10-19-21(16(12-27)13-28)17-4-2-3-5-18(17)22(19)32/h2-10H,1H3/b19-10-. The summed E-state index contributed by atoms with van der Waals surface area (Å²) in [6.45, 7) is 0. The average molecular weight is 444 g/mol. The molecule has 0 unspecified atom stereocenters. The molecule has 154 valence electrons. The number of allylic oxidation sites excluding steroid dienone is 3. The summed E-state index contributed by atoms with van der Waals surface area (Å²) >= 11 is 1.32. The molecule has 0 N–H and O–H groups in total. The first-order valence-electron chi connectivity index (χ1n) is 9.80. The summed E-state index contributed by atoms with van der Waals surface area (Å²) < 4.78 is 1.85. The minimum Gasteiger partial charge on any atom is -0.311 e. The Bertz CT molecular complexity index is 1650. The van der Waals surface area contributed by atoms with Crippen LogP contribution in [0.4, 0.5) is 0 Å². The van der Waals surface area contributed by atoms with Gasteiger partial charge in [0.25, 0.3) is 0 Å². The highest BCUT2D eigenvalue weighted by molar-refractivity contribution is 7.19. The molecule has 2 aromatic heterocycles. The van der Waals surface area contributed by atoms with Crippen LogP contribution in [-0.2, 0) is 7.05 Å². The van der Waals surface area contributed by atoms with Gasteiger partial charge in [-0.05, 0) is 35.9 Å². The summed E-state index contributed by atoms with van der Waals surface area (Å²) in [5.41, 5.74) is 3.63. The van der Waals surface area contributed by atoms with Gasteiger partial charge in [0.2, 0.25) is 0 Å². The van der Waals surface area contributed by atoms with E-state index < -0.39 is 0 Å². The van der Waals surface area contributed by atoms with Crippen molar-refractivity contribution in [3.05, 3.63) is 81.4 Å². The number of aromatic nitrogens is 3. The van der Waals surface area contributed by atoms with Crippen LogP contribution >= 0.6 is 11.3 Å². The SMILES string of the molecule is Cn1c(-c2ccc(C#N)cc2)nc2sc(/C=C3\C(=O)c4ccccc4C3=C(C#N)C#N)nc21. The second kappa shape index (κ2) is 7.69. The largest absolute Gasteiger partial charge is 0.311 e. The van der Waals surface area contributed by atoms with Crippen LogP contribution in [-0.4, -0.2) is 20.3 Å². The number of aryl methyl sites for hydroxylation is 1. The van der Waals surface area contributed by atoms with E-state index >= 15 is 0 Å². The highest BCUT2D eigenvalue weighted by Gasteiger charge is 2.32. The van der Waals surface area contributed by atoms with Crippen LogP contribution in [0.15, 0.2) is 59.7 Å². The Hall–Kier alpha value is -4.84. The van der Waals surface area contributed by atoms with Gasteiger partial charge in [-0.25, -0.2) is 9.97 Å². The number of thiazole rings is 1. The number of imidazole rings is 1. The van der Waals surface area contributed by atoms with Crippen molar-refractivity contribution in [1.82, 2.24) is 14.5 Å². The summed E-state index contributed by atoms with van der Waals surface area (Å²) in [6, 6.07) is 20.0.